The number of hydrogen-bond acceptors (Lipinski definition) is 6. The highest BCUT2D eigenvalue weighted by atomic mass is 16.5. The first-order chi connectivity index (χ1) is 16.5. The highest BCUT2D eigenvalue weighted by Gasteiger charge is 2.12. The van der Waals surface area contributed by atoms with Gasteiger partial charge in [-0.2, -0.15) is 0 Å². The van der Waals surface area contributed by atoms with Gasteiger partial charge in [-0.3, -0.25) is 4.79 Å². The quantitative estimate of drug-likeness (QED) is 0.261. The van der Waals surface area contributed by atoms with E-state index in [0.29, 0.717) is 34.4 Å². The first kappa shape index (κ1) is 24.3. The van der Waals surface area contributed by atoms with E-state index >= 15 is 0 Å². The van der Waals surface area contributed by atoms with E-state index < -0.39 is 0 Å². The number of hydrogen-bond donors (Lipinski definition) is 2. The van der Waals surface area contributed by atoms with Crippen molar-refractivity contribution in [3.05, 3.63) is 77.4 Å². The number of ether oxygens (including phenoxy) is 4. The third kappa shape index (κ3) is 6.10. The van der Waals surface area contributed by atoms with E-state index in [-0.39, 0.29) is 5.91 Å². The van der Waals surface area contributed by atoms with Crippen LogP contribution in [0.2, 0.25) is 0 Å². The number of rotatable bonds is 9. The monoisotopic (exact) mass is 460 g/mol. The predicted molar refractivity (Wildman–Crippen MR) is 137 cm³/mol. The number of methoxy groups -OCH3 is 4. The fourth-order valence-corrected chi connectivity index (χ4v) is 3.26. The van der Waals surface area contributed by atoms with Gasteiger partial charge in [-0.25, -0.2) is 0 Å². The van der Waals surface area contributed by atoms with E-state index in [1.54, 1.807) is 58.8 Å². The molecule has 3 rings (SSSR count). The van der Waals surface area contributed by atoms with Crippen LogP contribution in [-0.4, -0.2) is 34.3 Å². The molecular formula is C27H28N2O5. The minimum atomic E-state index is -0.260. The Labute approximate surface area is 199 Å². The van der Waals surface area contributed by atoms with Gasteiger partial charge in [0.05, 0.1) is 28.4 Å². The molecule has 0 bridgehead atoms. The van der Waals surface area contributed by atoms with Gasteiger partial charge >= 0.3 is 0 Å². The van der Waals surface area contributed by atoms with Crippen LogP contribution >= 0.6 is 0 Å². The molecule has 0 unspecified atom stereocenters. The van der Waals surface area contributed by atoms with Crippen LogP contribution in [0.3, 0.4) is 0 Å². The minimum Gasteiger partial charge on any atom is -0.497 e. The van der Waals surface area contributed by atoms with E-state index in [0.717, 1.165) is 16.7 Å². The Kier molecular flexibility index (Phi) is 8.18. The lowest BCUT2D eigenvalue weighted by Crippen LogP contribution is -2.09. The van der Waals surface area contributed by atoms with E-state index in [4.69, 9.17) is 24.7 Å². The molecule has 0 aromatic heterocycles. The number of amides is 1. The SMILES string of the molecule is COc1ccc(NC(=O)/C=C/c2ccc(N)cc2)c(/C=C/c2cc(OC)c(OC)c(OC)c2)c1. The molecule has 0 saturated carbocycles. The molecule has 176 valence electrons. The third-order valence-electron chi connectivity index (χ3n) is 5.02. The second-order valence-corrected chi connectivity index (χ2v) is 7.23. The number of nitrogens with two attached hydrogens (primary N) is 1. The molecule has 7 heteroatoms. The summed E-state index contributed by atoms with van der Waals surface area (Å²) in [6.07, 6.45) is 6.97. The van der Waals surface area contributed by atoms with Crippen molar-refractivity contribution in [3.63, 3.8) is 0 Å². The fraction of sp³-hybridized carbons (Fsp3) is 0.148. The van der Waals surface area contributed by atoms with Crippen LogP contribution in [0.5, 0.6) is 23.0 Å². The van der Waals surface area contributed by atoms with Gasteiger partial charge in [0, 0.05) is 23.0 Å². The van der Waals surface area contributed by atoms with Crippen molar-refractivity contribution in [3.8, 4) is 23.0 Å². The average Bonchev–Trinajstić information content (AvgIpc) is 2.86. The average molecular weight is 461 g/mol. The molecule has 3 aromatic rings. The smallest absolute Gasteiger partial charge is 0.248 e. The third-order valence-corrected chi connectivity index (χ3v) is 5.02. The van der Waals surface area contributed by atoms with Gasteiger partial charge in [0.25, 0.3) is 0 Å². The van der Waals surface area contributed by atoms with Crippen LogP contribution < -0.4 is 30.0 Å². The maximum absolute atomic E-state index is 12.5. The summed E-state index contributed by atoms with van der Waals surface area (Å²) in [4.78, 5) is 12.5. The summed E-state index contributed by atoms with van der Waals surface area (Å²) in [6, 6.07) is 16.4. The highest BCUT2D eigenvalue weighted by Crippen LogP contribution is 2.38. The van der Waals surface area contributed by atoms with Crippen LogP contribution in [-0.2, 0) is 4.79 Å². The Bertz CT molecular complexity index is 1180. The Morgan fingerprint density at radius 2 is 1.44 bits per heavy atom. The zero-order valence-corrected chi connectivity index (χ0v) is 19.6. The largest absolute Gasteiger partial charge is 0.497 e. The Hall–Kier alpha value is -4.39. The van der Waals surface area contributed by atoms with Crippen molar-refractivity contribution in [2.45, 2.75) is 0 Å². The second-order valence-electron chi connectivity index (χ2n) is 7.23. The Balaban J connectivity index is 1.86. The summed E-state index contributed by atoms with van der Waals surface area (Å²) < 4.78 is 21.6. The summed E-state index contributed by atoms with van der Waals surface area (Å²) >= 11 is 0. The lowest BCUT2D eigenvalue weighted by molar-refractivity contribution is -0.111. The maximum Gasteiger partial charge on any atom is 0.248 e. The van der Waals surface area contributed by atoms with E-state index in [1.165, 1.54) is 6.08 Å². The number of nitrogens with one attached hydrogen (secondary N) is 1. The second kappa shape index (κ2) is 11.5. The first-order valence-corrected chi connectivity index (χ1v) is 10.5. The molecule has 0 radical (unpaired) electrons. The molecule has 0 saturated heterocycles. The highest BCUT2D eigenvalue weighted by molar-refractivity contribution is 6.03. The molecule has 1 amide bonds. The maximum atomic E-state index is 12.5. The summed E-state index contributed by atoms with van der Waals surface area (Å²) in [5.74, 6) is 2.02. The van der Waals surface area contributed by atoms with Crippen molar-refractivity contribution >= 4 is 35.5 Å². The van der Waals surface area contributed by atoms with Gasteiger partial charge in [0.15, 0.2) is 11.5 Å². The normalized spacial score (nSPS) is 10.9. The van der Waals surface area contributed by atoms with Gasteiger partial charge in [0.2, 0.25) is 11.7 Å². The molecule has 3 N–H and O–H groups in total. The predicted octanol–water partition coefficient (Wildman–Crippen LogP) is 5.13. The molecule has 0 aliphatic rings. The number of benzene rings is 3. The topological polar surface area (TPSA) is 92.0 Å². The van der Waals surface area contributed by atoms with Gasteiger partial charge < -0.3 is 30.0 Å². The van der Waals surface area contributed by atoms with Gasteiger partial charge in [-0.1, -0.05) is 24.3 Å². The van der Waals surface area contributed by atoms with E-state index in [9.17, 15) is 4.79 Å². The molecule has 0 aliphatic carbocycles. The van der Waals surface area contributed by atoms with Crippen LogP contribution in [0.15, 0.2) is 60.7 Å². The van der Waals surface area contributed by atoms with Gasteiger partial charge in [-0.05, 0) is 59.7 Å². The van der Waals surface area contributed by atoms with Gasteiger partial charge in [-0.15, -0.1) is 0 Å². The zero-order valence-electron chi connectivity index (χ0n) is 19.6. The molecule has 0 atom stereocenters. The molecule has 7 nitrogen and oxygen atoms in total. The van der Waals surface area contributed by atoms with Crippen molar-refractivity contribution in [1.82, 2.24) is 0 Å². The van der Waals surface area contributed by atoms with Crippen LogP contribution in [0.1, 0.15) is 16.7 Å². The standard InChI is InChI=1S/C27H28N2O5/c1-31-22-12-13-23(29-26(30)14-8-18-6-10-21(28)11-7-18)20(17-22)9-5-19-15-24(32-2)27(34-4)25(16-19)33-3/h5-17H,28H2,1-4H3,(H,29,30)/b9-5+,14-8+. The number of carbonyl (C=O) groups excluding carboxylic acids is 1. The van der Waals surface area contributed by atoms with Crippen LogP contribution in [0, 0.1) is 0 Å². The lowest BCUT2D eigenvalue weighted by Gasteiger charge is -2.13. The molecule has 0 spiro atoms. The Morgan fingerprint density at radius 3 is 2.03 bits per heavy atom. The molecule has 3 aromatic carbocycles. The fourth-order valence-electron chi connectivity index (χ4n) is 3.26. The molecule has 0 heterocycles. The lowest BCUT2D eigenvalue weighted by atomic mass is 10.1. The number of carbonyl (C=O) groups is 1. The van der Waals surface area contributed by atoms with Crippen LogP contribution in [0.4, 0.5) is 11.4 Å². The summed E-state index contributed by atoms with van der Waals surface area (Å²) in [6.45, 7) is 0. The zero-order chi connectivity index (χ0) is 24.5. The van der Waals surface area contributed by atoms with Crippen molar-refractivity contribution in [2.75, 3.05) is 39.5 Å². The molecule has 34 heavy (non-hydrogen) atoms. The molecule has 0 fully saturated rings. The van der Waals surface area contributed by atoms with Crippen LogP contribution in [0.25, 0.3) is 18.2 Å². The van der Waals surface area contributed by atoms with Gasteiger partial charge in [0.1, 0.15) is 5.75 Å². The van der Waals surface area contributed by atoms with E-state index in [1.807, 2.05) is 42.5 Å². The number of nitrogen functional groups attached to an aromatic ring is 1. The van der Waals surface area contributed by atoms with Crippen molar-refractivity contribution < 1.29 is 23.7 Å². The van der Waals surface area contributed by atoms with Crippen molar-refractivity contribution in [2.24, 2.45) is 0 Å². The first-order valence-electron chi connectivity index (χ1n) is 10.5. The minimum absolute atomic E-state index is 0.260. The summed E-state index contributed by atoms with van der Waals surface area (Å²) in [5, 5.41) is 2.92. The number of anilines is 2. The summed E-state index contributed by atoms with van der Waals surface area (Å²) in [7, 11) is 6.29. The molecular weight excluding hydrogens is 432 g/mol. The summed E-state index contributed by atoms with van der Waals surface area (Å²) in [5.41, 5.74) is 9.48. The Morgan fingerprint density at radius 1 is 0.765 bits per heavy atom. The van der Waals surface area contributed by atoms with Crippen molar-refractivity contribution in [1.29, 1.82) is 0 Å². The molecule has 0 aliphatic heterocycles. The van der Waals surface area contributed by atoms with E-state index in [2.05, 4.69) is 5.32 Å².